The third-order valence-corrected chi connectivity index (χ3v) is 7.30. The number of aliphatic imine (C=N–C) groups is 2. The molecule has 0 unspecified atom stereocenters. The van der Waals surface area contributed by atoms with E-state index in [0.717, 1.165) is 28.2 Å². The van der Waals surface area contributed by atoms with Gasteiger partial charge in [0.15, 0.2) is 0 Å². The molecular weight excluding hydrogens is 626 g/mol. The lowest BCUT2D eigenvalue weighted by Crippen LogP contribution is -2.29. The molecule has 2 amide bonds. The minimum absolute atomic E-state index is 0.0486. The molecule has 2 aromatic heterocycles. The fourth-order valence-electron chi connectivity index (χ4n) is 4.17. The highest BCUT2D eigenvalue weighted by Crippen LogP contribution is 2.29. The van der Waals surface area contributed by atoms with Gasteiger partial charge >= 0.3 is 7.12 Å². The maximum absolute atomic E-state index is 12.0. The third-order valence-electron chi connectivity index (χ3n) is 6.51. The van der Waals surface area contributed by atoms with Crippen molar-refractivity contribution in [1.29, 1.82) is 0 Å². The van der Waals surface area contributed by atoms with E-state index in [9.17, 15) is 9.59 Å². The summed E-state index contributed by atoms with van der Waals surface area (Å²) in [6.07, 6.45) is 6.42. The largest absolute Gasteiger partial charge is 0.490 e. The second-order valence-electron chi connectivity index (χ2n) is 9.40. The first-order chi connectivity index (χ1) is 21.1. The number of benzene rings is 2. The first kappa shape index (κ1) is 32.8. The Bertz CT molecular complexity index is 1710. The van der Waals surface area contributed by atoms with Crippen LogP contribution >= 0.6 is 34.8 Å². The molecular formula is C30H26BCl3N6O4. The Kier molecular flexibility index (Phi) is 11.2. The first-order valence-electron chi connectivity index (χ1n) is 13.1. The van der Waals surface area contributed by atoms with Crippen LogP contribution in [-0.4, -0.2) is 77.0 Å². The molecule has 0 saturated carbocycles. The number of anilines is 2. The molecule has 2 N–H and O–H groups in total. The lowest BCUT2D eigenvalue weighted by Gasteiger charge is -2.18. The van der Waals surface area contributed by atoms with Crippen LogP contribution in [0.3, 0.4) is 0 Å². The number of aromatic nitrogens is 2. The fraction of sp³-hybridized carbons (Fsp3) is 0.133. The Morgan fingerprint density at radius 2 is 1.27 bits per heavy atom. The molecule has 0 radical (unpaired) electrons. The van der Waals surface area contributed by atoms with E-state index < -0.39 is 7.12 Å². The summed E-state index contributed by atoms with van der Waals surface area (Å²) in [6, 6.07) is 17.6. The molecule has 0 bridgehead atoms. The van der Waals surface area contributed by atoms with E-state index >= 15 is 0 Å². The SMILES string of the molecule is CN1C(=O)CN=C(Cl)c2cc(Cl)ccc21.CN1C(=O)CN=C(c2cccnc2)c2cc(Cl)ccc21.OB(O)c1cccnc1. The van der Waals surface area contributed by atoms with Gasteiger partial charge in [-0.05, 0) is 54.6 Å². The van der Waals surface area contributed by atoms with Gasteiger partial charge in [-0.15, -0.1) is 0 Å². The highest BCUT2D eigenvalue weighted by molar-refractivity contribution is 6.70. The lowest BCUT2D eigenvalue weighted by atomic mass is 9.82. The molecule has 0 saturated heterocycles. The van der Waals surface area contributed by atoms with Crippen molar-refractivity contribution in [3.05, 3.63) is 112 Å². The predicted molar refractivity (Wildman–Crippen MR) is 176 cm³/mol. The number of fused-ring (bicyclic) bond motifs is 2. The number of likely N-dealkylation sites (N-methyl/N-ethyl adjacent to an activating group) is 2. The normalized spacial score (nSPS) is 13.9. The number of benzodiazepines with no additional fused rings is 2. The molecule has 224 valence electrons. The molecule has 2 aliphatic heterocycles. The van der Waals surface area contributed by atoms with Gasteiger partial charge in [-0.1, -0.05) is 40.9 Å². The standard InChI is InChI=1S/C15H12ClN3O.C10H8Cl2N2O.C5H6BNO2/c1-19-13-5-4-11(16)7-12(13)15(18-9-14(19)20)10-3-2-6-17-8-10;1-14-8-3-2-6(11)4-7(8)10(12)13-5-9(14)15;8-6(9)5-2-1-3-7-4-5/h2-8H,9H2,1H3;2-4H,5H2,1H3;1-4,8-9H. The minimum atomic E-state index is -1.40. The topological polar surface area (TPSA) is 132 Å². The average Bonchev–Trinajstić information content (AvgIpc) is 3.22. The van der Waals surface area contributed by atoms with E-state index in [1.165, 1.54) is 11.1 Å². The third kappa shape index (κ3) is 8.07. The summed E-state index contributed by atoms with van der Waals surface area (Å²) in [5.41, 5.74) is 5.11. The summed E-state index contributed by atoms with van der Waals surface area (Å²) in [7, 11) is 2.04. The monoisotopic (exact) mass is 650 g/mol. The number of hydrogen-bond acceptors (Lipinski definition) is 8. The van der Waals surface area contributed by atoms with Crippen molar-refractivity contribution < 1.29 is 19.6 Å². The highest BCUT2D eigenvalue weighted by Gasteiger charge is 2.23. The summed E-state index contributed by atoms with van der Waals surface area (Å²) in [6.45, 7) is 0.189. The number of halogens is 3. The molecule has 44 heavy (non-hydrogen) atoms. The van der Waals surface area contributed by atoms with Crippen LogP contribution in [0.4, 0.5) is 11.4 Å². The number of amides is 2. The number of rotatable bonds is 2. The Balaban J connectivity index is 0.000000162. The fourth-order valence-corrected chi connectivity index (χ4v) is 4.72. The highest BCUT2D eigenvalue weighted by atomic mass is 35.5. The van der Waals surface area contributed by atoms with Crippen LogP contribution in [0.2, 0.25) is 10.0 Å². The van der Waals surface area contributed by atoms with Gasteiger partial charge in [0.25, 0.3) is 0 Å². The predicted octanol–water partition coefficient (Wildman–Crippen LogP) is 3.61. The number of carbonyl (C=O) groups is 2. The van der Waals surface area contributed by atoms with Crippen molar-refractivity contribution in [2.75, 3.05) is 37.0 Å². The summed E-state index contributed by atoms with van der Waals surface area (Å²) < 4.78 is 0. The van der Waals surface area contributed by atoms with Gasteiger partial charge in [0.2, 0.25) is 11.8 Å². The van der Waals surface area contributed by atoms with Crippen molar-refractivity contribution in [3.8, 4) is 0 Å². The number of pyridine rings is 2. The quantitative estimate of drug-likeness (QED) is 0.319. The number of hydrogen-bond donors (Lipinski definition) is 2. The summed E-state index contributed by atoms with van der Waals surface area (Å²) >= 11 is 17.9. The molecule has 0 atom stereocenters. The number of carbonyl (C=O) groups excluding carboxylic acids is 2. The maximum atomic E-state index is 12.0. The van der Waals surface area contributed by atoms with Gasteiger partial charge in [0.05, 0.1) is 17.1 Å². The average molecular weight is 652 g/mol. The van der Waals surface area contributed by atoms with Crippen LogP contribution in [0, 0.1) is 0 Å². The van der Waals surface area contributed by atoms with E-state index in [1.807, 2.05) is 24.3 Å². The van der Waals surface area contributed by atoms with E-state index in [2.05, 4.69) is 20.0 Å². The smallest absolute Gasteiger partial charge is 0.423 e. The molecule has 0 fully saturated rings. The lowest BCUT2D eigenvalue weighted by molar-refractivity contribution is -0.117. The Morgan fingerprint density at radius 3 is 1.80 bits per heavy atom. The molecule has 0 spiro atoms. The molecule has 0 aliphatic carbocycles. The van der Waals surface area contributed by atoms with Gasteiger partial charge in [-0.3, -0.25) is 29.5 Å². The van der Waals surface area contributed by atoms with Gasteiger partial charge in [-0.25, -0.2) is 0 Å². The van der Waals surface area contributed by atoms with Crippen LogP contribution in [-0.2, 0) is 9.59 Å². The molecule has 10 nitrogen and oxygen atoms in total. The Morgan fingerprint density at radius 1 is 0.727 bits per heavy atom. The van der Waals surface area contributed by atoms with E-state index in [0.29, 0.717) is 26.2 Å². The van der Waals surface area contributed by atoms with Gasteiger partial charge in [0.1, 0.15) is 18.3 Å². The van der Waals surface area contributed by atoms with E-state index in [1.54, 1.807) is 74.0 Å². The summed E-state index contributed by atoms with van der Waals surface area (Å²) in [4.78, 5) is 42.9. The molecule has 14 heteroatoms. The van der Waals surface area contributed by atoms with Gasteiger partial charge in [-0.2, -0.15) is 0 Å². The zero-order valence-corrected chi connectivity index (χ0v) is 25.9. The van der Waals surface area contributed by atoms with Crippen LogP contribution < -0.4 is 15.3 Å². The van der Waals surface area contributed by atoms with E-state index in [-0.39, 0.29) is 24.9 Å². The van der Waals surface area contributed by atoms with Crippen LogP contribution in [0.1, 0.15) is 16.7 Å². The Hall–Kier alpha value is -4.13. The van der Waals surface area contributed by atoms with Crippen molar-refractivity contribution in [2.45, 2.75) is 0 Å². The zero-order valence-electron chi connectivity index (χ0n) is 23.6. The molecule has 2 aliphatic rings. The van der Waals surface area contributed by atoms with Crippen LogP contribution in [0.25, 0.3) is 0 Å². The second-order valence-corrected chi connectivity index (χ2v) is 10.6. The first-order valence-corrected chi connectivity index (χ1v) is 14.2. The minimum Gasteiger partial charge on any atom is -0.423 e. The Labute approximate surface area is 269 Å². The van der Waals surface area contributed by atoms with Crippen molar-refractivity contribution >= 4 is 81.5 Å². The molecule has 2 aromatic carbocycles. The molecule has 6 rings (SSSR count). The van der Waals surface area contributed by atoms with Crippen molar-refractivity contribution in [1.82, 2.24) is 9.97 Å². The van der Waals surface area contributed by atoms with E-state index in [4.69, 9.17) is 44.9 Å². The number of nitrogens with zero attached hydrogens (tertiary/aromatic N) is 6. The molecule has 4 aromatic rings. The summed E-state index contributed by atoms with van der Waals surface area (Å²) in [5.74, 6) is -0.137. The van der Waals surface area contributed by atoms with Crippen molar-refractivity contribution in [3.63, 3.8) is 0 Å². The molecule has 4 heterocycles. The zero-order chi connectivity index (χ0) is 31.8. The maximum Gasteiger partial charge on any atom is 0.490 e. The van der Waals surface area contributed by atoms with Crippen molar-refractivity contribution in [2.24, 2.45) is 9.98 Å². The second kappa shape index (κ2) is 15.0. The van der Waals surface area contributed by atoms with Gasteiger partial charge in [0, 0.05) is 71.1 Å². The van der Waals surface area contributed by atoms with Crippen LogP contribution in [0.5, 0.6) is 0 Å². The van der Waals surface area contributed by atoms with Gasteiger partial charge < -0.3 is 19.8 Å². The summed E-state index contributed by atoms with van der Waals surface area (Å²) in [5, 5.41) is 18.6. The van der Waals surface area contributed by atoms with Crippen LogP contribution in [0.15, 0.2) is 95.4 Å².